The summed E-state index contributed by atoms with van der Waals surface area (Å²) in [5.41, 5.74) is 2.69. The van der Waals surface area contributed by atoms with Gasteiger partial charge in [-0.2, -0.15) is 5.26 Å². The van der Waals surface area contributed by atoms with E-state index in [9.17, 15) is 4.79 Å². The molecule has 0 aliphatic carbocycles. The van der Waals surface area contributed by atoms with Gasteiger partial charge in [0.1, 0.15) is 5.75 Å². The molecule has 2 aromatic carbocycles. The summed E-state index contributed by atoms with van der Waals surface area (Å²) in [5, 5.41) is 11.5. The van der Waals surface area contributed by atoms with Crippen LogP contribution in [0.4, 0.5) is 5.69 Å². The fourth-order valence-electron chi connectivity index (χ4n) is 2.35. The first-order chi connectivity index (χ1) is 11.5. The molecule has 24 heavy (non-hydrogen) atoms. The minimum atomic E-state index is -0.608. The van der Waals surface area contributed by atoms with Crippen molar-refractivity contribution in [3.05, 3.63) is 59.7 Å². The van der Waals surface area contributed by atoms with Crippen molar-refractivity contribution in [1.29, 1.82) is 5.26 Å². The lowest BCUT2D eigenvalue weighted by atomic mass is 10.0. The van der Waals surface area contributed by atoms with E-state index in [0.717, 1.165) is 16.9 Å². The fraction of sp³-hybridized carbons (Fsp3) is 0.300. The molecule has 1 atom stereocenters. The summed E-state index contributed by atoms with van der Waals surface area (Å²) in [4.78, 5) is 12.3. The highest BCUT2D eigenvalue weighted by atomic mass is 16.5. The minimum Gasteiger partial charge on any atom is -0.481 e. The number of hydrogen-bond donors (Lipinski definition) is 1. The second-order valence-corrected chi connectivity index (χ2v) is 5.97. The predicted molar refractivity (Wildman–Crippen MR) is 95.0 cm³/mol. The third kappa shape index (κ3) is 4.60. The van der Waals surface area contributed by atoms with Crippen molar-refractivity contribution in [2.75, 3.05) is 5.32 Å². The third-order valence-corrected chi connectivity index (χ3v) is 3.72. The molecule has 2 rings (SSSR count). The van der Waals surface area contributed by atoms with E-state index in [-0.39, 0.29) is 5.91 Å². The molecule has 1 N–H and O–H groups in total. The quantitative estimate of drug-likeness (QED) is 0.863. The Morgan fingerprint density at radius 2 is 1.79 bits per heavy atom. The van der Waals surface area contributed by atoms with E-state index in [1.165, 1.54) is 0 Å². The van der Waals surface area contributed by atoms with Gasteiger partial charge in [-0.25, -0.2) is 0 Å². The molecule has 1 amide bonds. The molecule has 0 aromatic heterocycles. The van der Waals surface area contributed by atoms with E-state index in [2.05, 4.69) is 25.2 Å². The first kappa shape index (κ1) is 17.6. The van der Waals surface area contributed by atoms with Gasteiger partial charge in [-0.15, -0.1) is 0 Å². The number of rotatable bonds is 6. The zero-order chi connectivity index (χ0) is 17.5. The molecule has 0 fully saturated rings. The number of nitrogens with zero attached hydrogens (tertiary/aromatic N) is 1. The standard InChI is InChI=1S/C20H22N2O2/c1-14(2)18-6-4-5-7-19(18)24-15(3)20(23)22-17-10-8-16(9-11-17)12-13-21/h4-11,14-15H,12H2,1-3H3,(H,22,23)/t15-/m1/s1. The van der Waals surface area contributed by atoms with Crippen LogP contribution >= 0.6 is 0 Å². The van der Waals surface area contributed by atoms with E-state index < -0.39 is 6.10 Å². The topological polar surface area (TPSA) is 62.1 Å². The predicted octanol–water partition coefficient (Wildman–Crippen LogP) is 4.28. The van der Waals surface area contributed by atoms with E-state index >= 15 is 0 Å². The third-order valence-electron chi connectivity index (χ3n) is 3.72. The molecular weight excluding hydrogens is 300 g/mol. The van der Waals surface area contributed by atoms with Crippen LogP contribution in [0.5, 0.6) is 5.75 Å². The zero-order valence-corrected chi connectivity index (χ0v) is 14.2. The summed E-state index contributed by atoms with van der Waals surface area (Å²) in [6, 6.07) is 17.1. The van der Waals surface area contributed by atoms with Crippen molar-refractivity contribution in [1.82, 2.24) is 0 Å². The van der Waals surface area contributed by atoms with Crippen LogP contribution in [0, 0.1) is 11.3 Å². The Labute approximate surface area is 143 Å². The van der Waals surface area contributed by atoms with Gasteiger partial charge in [0.15, 0.2) is 6.10 Å². The number of nitrogens with one attached hydrogen (secondary N) is 1. The number of anilines is 1. The van der Waals surface area contributed by atoms with Gasteiger partial charge >= 0.3 is 0 Å². The minimum absolute atomic E-state index is 0.207. The second kappa shape index (κ2) is 8.16. The van der Waals surface area contributed by atoms with Crippen molar-refractivity contribution in [3.63, 3.8) is 0 Å². The Bertz CT molecular complexity index is 730. The fourth-order valence-corrected chi connectivity index (χ4v) is 2.35. The molecule has 0 aliphatic heterocycles. The summed E-state index contributed by atoms with van der Waals surface area (Å²) in [6.45, 7) is 5.92. The van der Waals surface area contributed by atoms with Gasteiger partial charge in [-0.05, 0) is 42.2 Å². The summed E-state index contributed by atoms with van der Waals surface area (Å²) < 4.78 is 5.85. The van der Waals surface area contributed by atoms with Gasteiger partial charge in [0.05, 0.1) is 12.5 Å². The highest BCUT2D eigenvalue weighted by molar-refractivity contribution is 5.94. The van der Waals surface area contributed by atoms with Crippen LogP contribution in [0.15, 0.2) is 48.5 Å². The molecule has 4 nitrogen and oxygen atoms in total. The lowest BCUT2D eigenvalue weighted by Crippen LogP contribution is -2.30. The Morgan fingerprint density at radius 1 is 1.12 bits per heavy atom. The highest BCUT2D eigenvalue weighted by Gasteiger charge is 2.17. The van der Waals surface area contributed by atoms with Gasteiger partial charge in [0.25, 0.3) is 5.91 Å². The van der Waals surface area contributed by atoms with Gasteiger partial charge in [-0.1, -0.05) is 44.2 Å². The van der Waals surface area contributed by atoms with Crippen molar-refractivity contribution in [2.24, 2.45) is 0 Å². The molecule has 0 aliphatic rings. The first-order valence-corrected chi connectivity index (χ1v) is 8.03. The normalized spacial score (nSPS) is 11.6. The van der Waals surface area contributed by atoms with Crippen molar-refractivity contribution < 1.29 is 9.53 Å². The lowest BCUT2D eigenvalue weighted by molar-refractivity contribution is -0.122. The largest absolute Gasteiger partial charge is 0.481 e. The summed E-state index contributed by atoms with van der Waals surface area (Å²) >= 11 is 0. The van der Waals surface area contributed by atoms with Crippen molar-refractivity contribution in [2.45, 2.75) is 39.2 Å². The van der Waals surface area contributed by atoms with E-state index in [1.807, 2.05) is 36.4 Å². The average molecular weight is 322 g/mol. The number of benzene rings is 2. The number of amides is 1. The molecule has 4 heteroatoms. The SMILES string of the molecule is CC(C)c1ccccc1O[C@H](C)C(=O)Nc1ccc(CC#N)cc1. The van der Waals surface area contributed by atoms with Gasteiger partial charge in [-0.3, -0.25) is 4.79 Å². The summed E-state index contributed by atoms with van der Waals surface area (Å²) in [7, 11) is 0. The molecule has 2 aromatic rings. The Kier molecular flexibility index (Phi) is 5.97. The smallest absolute Gasteiger partial charge is 0.265 e. The maximum Gasteiger partial charge on any atom is 0.265 e. The van der Waals surface area contributed by atoms with Crippen LogP contribution in [-0.2, 0) is 11.2 Å². The number of ether oxygens (including phenoxy) is 1. The second-order valence-electron chi connectivity index (χ2n) is 5.97. The Morgan fingerprint density at radius 3 is 2.42 bits per heavy atom. The van der Waals surface area contributed by atoms with Crippen LogP contribution in [0.2, 0.25) is 0 Å². The maximum atomic E-state index is 12.3. The molecule has 0 heterocycles. The monoisotopic (exact) mass is 322 g/mol. The van der Waals surface area contributed by atoms with Gasteiger partial charge in [0.2, 0.25) is 0 Å². The number of para-hydroxylation sites is 1. The summed E-state index contributed by atoms with van der Waals surface area (Å²) in [5.74, 6) is 0.852. The first-order valence-electron chi connectivity index (χ1n) is 8.03. The molecule has 0 saturated heterocycles. The molecule has 0 bridgehead atoms. The molecular formula is C20H22N2O2. The zero-order valence-electron chi connectivity index (χ0n) is 14.2. The van der Waals surface area contributed by atoms with E-state index in [0.29, 0.717) is 18.0 Å². The van der Waals surface area contributed by atoms with Crippen LogP contribution < -0.4 is 10.1 Å². The van der Waals surface area contributed by atoms with Gasteiger partial charge < -0.3 is 10.1 Å². The van der Waals surface area contributed by atoms with Crippen LogP contribution in [0.3, 0.4) is 0 Å². The molecule has 0 radical (unpaired) electrons. The number of nitriles is 1. The van der Waals surface area contributed by atoms with Crippen LogP contribution in [0.1, 0.15) is 37.8 Å². The molecule has 0 spiro atoms. The van der Waals surface area contributed by atoms with Crippen LogP contribution in [0.25, 0.3) is 0 Å². The van der Waals surface area contributed by atoms with E-state index in [1.54, 1.807) is 19.1 Å². The number of carbonyl (C=O) groups excluding carboxylic acids is 1. The molecule has 124 valence electrons. The molecule has 0 unspecified atom stereocenters. The van der Waals surface area contributed by atoms with Crippen LogP contribution in [-0.4, -0.2) is 12.0 Å². The highest BCUT2D eigenvalue weighted by Crippen LogP contribution is 2.26. The van der Waals surface area contributed by atoms with Gasteiger partial charge in [0, 0.05) is 5.69 Å². The maximum absolute atomic E-state index is 12.3. The average Bonchev–Trinajstić information content (AvgIpc) is 2.57. The Hall–Kier alpha value is -2.80. The number of hydrogen-bond acceptors (Lipinski definition) is 3. The Balaban J connectivity index is 2.01. The van der Waals surface area contributed by atoms with Crippen molar-refractivity contribution >= 4 is 11.6 Å². The van der Waals surface area contributed by atoms with Crippen molar-refractivity contribution in [3.8, 4) is 11.8 Å². The number of carbonyl (C=O) groups is 1. The van der Waals surface area contributed by atoms with E-state index in [4.69, 9.17) is 10.00 Å². The lowest BCUT2D eigenvalue weighted by Gasteiger charge is -2.18. The molecule has 0 saturated carbocycles. The summed E-state index contributed by atoms with van der Waals surface area (Å²) in [6.07, 6.45) is -0.247.